The van der Waals surface area contributed by atoms with Gasteiger partial charge in [-0.15, -0.1) is 0 Å². The van der Waals surface area contributed by atoms with E-state index in [1.54, 1.807) is 0 Å². The number of hydrogen-bond acceptors (Lipinski definition) is 12. The monoisotopic (exact) mass is 524 g/mol. The van der Waals surface area contributed by atoms with Crippen molar-refractivity contribution >= 4 is 23.9 Å². The molecule has 1 spiro atoms. The van der Waals surface area contributed by atoms with Crippen molar-refractivity contribution in [2.24, 2.45) is 5.92 Å². The Balaban J connectivity index is 1.20. The Bertz CT molecular complexity index is 842. The first-order chi connectivity index (χ1) is 17.9. The Labute approximate surface area is 216 Å². The van der Waals surface area contributed by atoms with Gasteiger partial charge in [0.25, 0.3) is 0 Å². The van der Waals surface area contributed by atoms with E-state index >= 15 is 0 Å². The summed E-state index contributed by atoms with van der Waals surface area (Å²) in [6.07, 6.45) is 6.62. The molecule has 0 saturated carbocycles. The van der Waals surface area contributed by atoms with E-state index in [9.17, 15) is 19.2 Å². The highest BCUT2D eigenvalue weighted by molar-refractivity contribution is 5.92. The first kappa shape index (κ1) is 28.8. The maximum Gasteiger partial charge on any atom is 0.331 e. The molecule has 0 bridgehead atoms. The lowest BCUT2D eigenvalue weighted by molar-refractivity contribution is -0.186. The van der Waals surface area contributed by atoms with Crippen LogP contribution in [0.4, 0.5) is 0 Å². The van der Waals surface area contributed by atoms with Gasteiger partial charge in [-0.25, -0.2) is 19.2 Å². The van der Waals surface area contributed by atoms with Crippen molar-refractivity contribution in [3.8, 4) is 0 Å². The second-order valence-corrected chi connectivity index (χ2v) is 9.06. The smallest absolute Gasteiger partial charge is 0.331 e. The Hall–Kier alpha value is -2.80. The molecule has 37 heavy (non-hydrogen) atoms. The third-order valence-electron chi connectivity index (χ3n) is 6.48. The van der Waals surface area contributed by atoms with Crippen molar-refractivity contribution in [3.63, 3.8) is 0 Å². The molecule has 0 radical (unpaired) electrons. The summed E-state index contributed by atoms with van der Waals surface area (Å²) in [6, 6.07) is 0. The highest BCUT2D eigenvalue weighted by Crippen LogP contribution is 2.31. The fraction of sp³-hybridized carbons (Fsp3) is 0.680. The molecule has 0 amide bonds. The minimum atomic E-state index is -0.627. The molecule has 3 aliphatic heterocycles. The molecule has 3 aliphatic rings. The largest absolute Gasteiger partial charge is 0.466 e. The van der Waals surface area contributed by atoms with Crippen LogP contribution >= 0.6 is 0 Å². The van der Waals surface area contributed by atoms with Crippen LogP contribution in [0.2, 0.25) is 0 Å². The number of ether oxygens (including phenoxy) is 6. The van der Waals surface area contributed by atoms with Gasteiger partial charge < -0.3 is 28.4 Å². The first-order valence-corrected chi connectivity index (χ1v) is 12.5. The summed E-state index contributed by atoms with van der Waals surface area (Å²) in [7, 11) is 1.22. The molecule has 3 saturated heterocycles. The summed E-state index contributed by atoms with van der Waals surface area (Å²) >= 11 is 0. The molecule has 0 N–H and O–H groups in total. The SMILES string of the molecule is COC(=O)/C=C/C(=O)OCCN1CCC(COC(=O)/C=C/C(=O)OCCN2CCC3(CC2)OCCO3)C1. The Morgan fingerprint density at radius 2 is 1.32 bits per heavy atom. The van der Waals surface area contributed by atoms with Crippen LogP contribution < -0.4 is 0 Å². The molecule has 12 heteroatoms. The van der Waals surface area contributed by atoms with Gasteiger partial charge in [-0.05, 0) is 13.0 Å². The van der Waals surface area contributed by atoms with Crippen molar-refractivity contribution < 1.29 is 47.6 Å². The second-order valence-electron chi connectivity index (χ2n) is 9.06. The van der Waals surface area contributed by atoms with Gasteiger partial charge in [0.2, 0.25) is 0 Å². The highest BCUT2D eigenvalue weighted by Gasteiger charge is 2.39. The van der Waals surface area contributed by atoms with Crippen molar-refractivity contribution in [2.45, 2.75) is 25.0 Å². The standard InChI is InChI=1S/C25H36N2O10/c1-32-21(28)2-3-22(29)34-15-13-27-9-6-20(18-27)19-35-24(31)5-4-23(30)33-14-12-26-10-7-25(8-11-26)36-16-17-37-25/h2-5,20H,6-19H2,1H3/b3-2+,5-4+. The molecule has 3 heterocycles. The number of likely N-dealkylation sites (tertiary alicyclic amines) is 2. The number of esters is 4. The lowest BCUT2D eigenvalue weighted by Crippen LogP contribution is -2.46. The van der Waals surface area contributed by atoms with Gasteiger partial charge in [-0.3, -0.25) is 9.80 Å². The minimum absolute atomic E-state index is 0.155. The zero-order valence-corrected chi connectivity index (χ0v) is 21.3. The van der Waals surface area contributed by atoms with Crippen molar-refractivity contribution in [3.05, 3.63) is 24.3 Å². The van der Waals surface area contributed by atoms with Gasteiger partial charge in [0, 0.05) is 75.8 Å². The summed E-state index contributed by atoms with van der Waals surface area (Å²) in [5.41, 5.74) is 0. The Kier molecular flexibility index (Phi) is 11.5. The predicted molar refractivity (Wildman–Crippen MR) is 128 cm³/mol. The van der Waals surface area contributed by atoms with E-state index in [1.807, 2.05) is 0 Å². The molecule has 1 atom stereocenters. The lowest BCUT2D eigenvalue weighted by Gasteiger charge is -2.37. The summed E-state index contributed by atoms with van der Waals surface area (Å²) in [6.45, 7) is 6.22. The fourth-order valence-corrected chi connectivity index (χ4v) is 4.39. The molecule has 12 nitrogen and oxygen atoms in total. The molecule has 3 fully saturated rings. The van der Waals surface area contributed by atoms with Crippen LogP contribution in [0, 0.1) is 5.92 Å². The minimum Gasteiger partial charge on any atom is -0.466 e. The van der Waals surface area contributed by atoms with Gasteiger partial charge in [-0.1, -0.05) is 0 Å². The third-order valence-corrected chi connectivity index (χ3v) is 6.48. The van der Waals surface area contributed by atoms with Crippen LogP contribution in [0.3, 0.4) is 0 Å². The van der Waals surface area contributed by atoms with Crippen LogP contribution in [-0.2, 0) is 47.6 Å². The van der Waals surface area contributed by atoms with E-state index in [4.69, 9.17) is 23.7 Å². The van der Waals surface area contributed by atoms with Crippen LogP contribution in [0.1, 0.15) is 19.3 Å². The number of methoxy groups -OCH3 is 1. The van der Waals surface area contributed by atoms with Gasteiger partial charge in [0.15, 0.2) is 5.79 Å². The average molecular weight is 525 g/mol. The number of piperidine rings is 1. The molecule has 3 rings (SSSR count). The molecular weight excluding hydrogens is 488 g/mol. The Morgan fingerprint density at radius 1 is 0.784 bits per heavy atom. The summed E-state index contributed by atoms with van der Waals surface area (Å²) in [4.78, 5) is 50.6. The number of carbonyl (C=O) groups is 4. The highest BCUT2D eigenvalue weighted by atomic mass is 16.7. The number of rotatable bonds is 12. The number of hydrogen-bond donors (Lipinski definition) is 0. The molecule has 0 aromatic carbocycles. The van der Waals surface area contributed by atoms with E-state index in [2.05, 4.69) is 14.5 Å². The van der Waals surface area contributed by atoms with Crippen molar-refractivity contribution in [1.82, 2.24) is 9.80 Å². The van der Waals surface area contributed by atoms with E-state index in [1.165, 1.54) is 7.11 Å². The molecule has 0 aromatic rings. The van der Waals surface area contributed by atoms with Crippen LogP contribution in [0.25, 0.3) is 0 Å². The predicted octanol–water partition coefficient (Wildman–Crippen LogP) is 0.0622. The summed E-state index contributed by atoms with van der Waals surface area (Å²) in [5.74, 6) is -2.70. The second kappa shape index (κ2) is 14.8. The van der Waals surface area contributed by atoms with Gasteiger partial charge in [0.1, 0.15) is 13.2 Å². The lowest BCUT2D eigenvalue weighted by atomic mass is 10.0. The van der Waals surface area contributed by atoms with Crippen LogP contribution in [-0.4, -0.2) is 119 Å². The van der Waals surface area contributed by atoms with Crippen LogP contribution in [0.15, 0.2) is 24.3 Å². The van der Waals surface area contributed by atoms with Gasteiger partial charge in [-0.2, -0.15) is 0 Å². The summed E-state index contributed by atoms with van der Waals surface area (Å²) in [5, 5.41) is 0. The van der Waals surface area contributed by atoms with E-state index in [0.29, 0.717) is 32.8 Å². The fourth-order valence-electron chi connectivity index (χ4n) is 4.39. The normalized spacial score (nSPS) is 22.0. The van der Waals surface area contributed by atoms with Gasteiger partial charge >= 0.3 is 23.9 Å². The molecule has 206 valence electrons. The van der Waals surface area contributed by atoms with E-state index in [-0.39, 0.29) is 25.7 Å². The molecule has 1 unspecified atom stereocenters. The molecule has 0 aromatic heterocycles. The topological polar surface area (TPSA) is 130 Å². The zero-order chi connectivity index (χ0) is 26.5. The third kappa shape index (κ3) is 10.2. The number of nitrogens with zero attached hydrogens (tertiary/aromatic N) is 2. The average Bonchev–Trinajstić information content (AvgIpc) is 3.56. The molecule has 0 aliphatic carbocycles. The quantitative estimate of drug-likeness (QED) is 0.194. The van der Waals surface area contributed by atoms with Gasteiger partial charge in [0.05, 0.1) is 26.9 Å². The van der Waals surface area contributed by atoms with Crippen molar-refractivity contribution in [2.75, 3.05) is 79.4 Å². The maximum atomic E-state index is 11.9. The maximum absolute atomic E-state index is 11.9. The van der Waals surface area contributed by atoms with E-state index < -0.39 is 29.7 Å². The molecular formula is C25H36N2O10. The summed E-state index contributed by atoms with van der Waals surface area (Å²) < 4.78 is 31.3. The number of carbonyl (C=O) groups excluding carboxylic acids is 4. The van der Waals surface area contributed by atoms with Crippen LogP contribution in [0.5, 0.6) is 0 Å². The van der Waals surface area contributed by atoms with Crippen molar-refractivity contribution in [1.29, 1.82) is 0 Å². The van der Waals surface area contributed by atoms with E-state index in [0.717, 1.165) is 63.2 Å². The first-order valence-electron chi connectivity index (χ1n) is 12.5. The Morgan fingerprint density at radius 3 is 1.92 bits per heavy atom. The zero-order valence-electron chi connectivity index (χ0n) is 21.3.